The topological polar surface area (TPSA) is 90.2 Å². The van der Waals surface area contributed by atoms with Crippen LogP contribution in [0.2, 0.25) is 0 Å². The SMILES string of the molecule is CC(C)(O)[C@@H]1CC[C@](C)(C2[C@@H](O)C[C@@]3(C)[C@@H]4C[C@H](O)[C@H]5C(C)(C)[C@@H](O)CC[C@@]56C[C@@]46CC[C@]23C)O1. The van der Waals surface area contributed by atoms with Crippen LogP contribution in [0, 0.1) is 44.8 Å². The first-order valence-electron chi connectivity index (χ1n) is 14.4. The number of aliphatic hydroxyl groups is 4. The second-order valence-corrected chi connectivity index (χ2v) is 15.9. The molecule has 35 heavy (non-hydrogen) atoms. The molecular formula is C30H50O5. The number of hydrogen-bond donors (Lipinski definition) is 4. The number of ether oxygens (including phenoxy) is 1. The van der Waals surface area contributed by atoms with Gasteiger partial charge in [0.1, 0.15) is 0 Å². The minimum absolute atomic E-state index is 0.0267. The smallest absolute Gasteiger partial charge is 0.0865 e. The number of aliphatic hydroxyl groups excluding tert-OH is 3. The van der Waals surface area contributed by atoms with Gasteiger partial charge in [0.2, 0.25) is 0 Å². The second kappa shape index (κ2) is 6.86. The van der Waals surface area contributed by atoms with Gasteiger partial charge in [-0.2, -0.15) is 0 Å². The van der Waals surface area contributed by atoms with E-state index in [2.05, 4.69) is 34.6 Å². The van der Waals surface area contributed by atoms with Crippen molar-refractivity contribution in [3.8, 4) is 0 Å². The van der Waals surface area contributed by atoms with Gasteiger partial charge in [-0.25, -0.2) is 0 Å². The number of rotatable bonds is 2. The zero-order valence-electron chi connectivity index (χ0n) is 23.1. The monoisotopic (exact) mass is 490 g/mol. The highest BCUT2D eigenvalue weighted by atomic mass is 16.5. The van der Waals surface area contributed by atoms with Gasteiger partial charge in [-0.15, -0.1) is 0 Å². The maximum Gasteiger partial charge on any atom is 0.0865 e. The molecule has 6 aliphatic rings. The fourth-order valence-corrected chi connectivity index (χ4v) is 12.1. The molecule has 5 aliphatic carbocycles. The molecule has 6 fully saturated rings. The lowest BCUT2D eigenvalue weighted by Crippen LogP contribution is -2.62. The van der Waals surface area contributed by atoms with Crippen LogP contribution in [-0.4, -0.2) is 56.0 Å². The third kappa shape index (κ3) is 2.78. The van der Waals surface area contributed by atoms with Crippen LogP contribution < -0.4 is 0 Å². The Morgan fingerprint density at radius 1 is 0.771 bits per heavy atom. The number of hydrogen-bond acceptors (Lipinski definition) is 5. The van der Waals surface area contributed by atoms with Crippen molar-refractivity contribution in [1.82, 2.24) is 0 Å². The van der Waals surface area contributed by atoms with E-state index < -0.39 is 23.4 Å². The molecular weight excluding hydrogens is 440 g/mol. The van der Waals surface area contributed by atoms with Crippen molar-refractivity contribution < 1.29 is 25.2 Å². The Kier molecular flexibility index (Phi) is 4.92. The van der Waals surface area contributed by atoms with Crippen molar-refractivity contribution in [2.75, 3.05) is 0 Å². The summed E-state index contributed by atoms with van der Waals surface area (Å²) in [5.74, 6) is 0.577. The van der Waals surface area contributed by atoms with Crippen LogP contribution in [-0.2, 0) is 4.74 Å². The Balaban J connectivity index is 1.37. The van der Waals surface area contributed by atoms with E-state index in [1.165, 1.54) is 6.42 Å². The van der Waals surface area contributed by atoms with Gasteiger partial charge >= 0.3 is 0 Å². The summed E-state index contributed by atoms with van der Waals surface area (Å²) in [5, 5.41) is 45.0. The van der Waals surface area contributed by atoms with E-state index in [1.807, 2.05) is 13.8 Å². The van der Waals surface area contributed by atoms with E-state index in [9.17, 15) is 20.4 Å². The normalized spacial score (nSPS) is 60.9. The highest BCUT2D eigenvalue weighted by molar-refractivity contribution is 5.33. The van der Waals surface area contributed by atoms with E-state index in [-0.39, 0.29) is 51.1 Å². The Bertz CT molecular complexity index is 911. The summed E-state index contributed by atoms with van der Waals surface area (Å²) in [5.41, 5.74) is -1.35. The first-order chi connectivity index (χ1) is 16.0. The Morgan fingerprint density at radius 2 is 1.46 bits per heavy atom. The molecule has 0 aromatic carbocycles. The van der Waals surface area contributed by atoms with Gasteiger partial charge in [-0.3, -0.25) is 0 Å². The number of fused-ring (bicyclic) bond motifs is 2. The summed E-state index contributed by atoms with van der Waals surface area (Å²) < 4.78 is 6.66. The lowest BCUT2D eigenvalue weighted by atomic mass is 9.41. The summed E-state index contributed by atoms with van der Waals surface area (Å²) in [4.78, 5) is 0. The van der Waals surface area contributed by atoms with Crippen LogP contribution in [0.3, 0.4) is 0 Å². The third-order valence-electron chi connectivity index (χ3n) is 13.8. The largest absolute Gasteiger partial charge is 0.393 e. The van der Waals surface area contributed by atoms with Crippen molar-refractivity contribution in [2.45, 2.75) is 142 Å². The molecule has 5 heteroatoms. The van der Waals surface area contributed by atoms with Crippen LogP contribution in [0.25, 0.3) is 0 Å². The summed E-state index contributed by atoms with van der Waals surface area (Å²) >= 11 is 0. The lowest BCUT2D eigenvalue weighted by molar-refractivity contribution is -0.213. The van der Waals surface area contributed by atoms with E-state index in [4.69, 9.17) is 4.74 Å². The zero-order chi connectivity index (χ0) is 25.6. The van der Waals surface area contributed by atoms with Gasteiger partial charge in [0.05, 0.1) is 35.6 Å². The predicted octanol–water partition coefficient (Wildman–Crippen LogP) is 4.44. The first-order valence-corrected chi connectivity index (χ1v) is 14.4. The van der Waals surface area contributed by atoms with E-state index in [1.54, 1.807) is 0 Å². The molecule has 1 unspecified atom stereocenters. The van der Waals surface area contributed by atoms with Crippen molar-refractivity contribution >= 4 is 0 Å². The summed E-state index contributed by atoms with van der Waals surface area (Å²) in [7, 11) is 0. The van der Waals surface area contributed by atoms with E-state index in [0.29, 0.717) is 5.92 Å². The molecule has 4 N–H and O–H groups in total. The first kappa shape index (κ1) is 25.1. The average Bonchev–Trinajstić information content (AvgIpc) is 3.08. The van der Waals surface area contributed by atoms with Crippen LogP contribution in [0.5, 0.6) is 0 Å². The van der Waals surface area contributed by atoms with Gasteiger partial charge in [0.25, 0.3) is 0 Å². The zero-order valence-corrected chi connectivity index (χ0v) is 23.1. The molecule has 6 rings (SSSR count). The molecule has 2 spiro atoms. The molecule has 12 atom stereocenters. The summed E-state index contributed by atoms with van der Waals surface area (Å²) in [6.07, 6.45) is 7.18. The highest BCUT2D eigenvalue weighted by Crippen LogP contribution is 2.89. The maximum atomic E-state index is 11.7. The minimum Gasteiger partial charge on any atom is -0.393 e. The van der Waals surface area contributed by atoms with E-state index >= 15 is 0 Å². The van der Waals surface area contributed by atoms with Crippen LogP contribution >= 0.6 is 0 Å². The Hall–Kier alpha value is -0.200. The standard InChI is InChI=1S/C30H50O5/c1-24(2)20(33)8-11-30-16-29(30)13-12-26(5)23(28(7)10-9-21(35-28)25(3,4)34)18(32)15-27(26,6)19(29)14-17(31)22(24)30/h17-23,31-34H,8-16H2,1-7H3/t17-,18-,19-,20-,21-,22-,23?,26+,27-,28+,29-,30+/m0/s1. The van der Waals surface area contributed by atoms with Crippen LogP contribution in [0.15, 0.2) is 0 Å². The maximum absolute atomic E-state index is 11.7. The van der Waals surface area contributed by atoms with E-state index in [0.717, 1.165) is 51.4 Å². The molecule has 0 radical (unpaired) electrons. The Labute approximate surface area is 212 Å². The molecule has 5 saturated carbocycles. The van der Waals surface area contributed by atoms with Gasteiger partial charge in [-0.1, -0.05) is 27.7 Å². The van der Waals surface area contributed by atoms with Crippen molar-refractivity contribution in [3.05, 3.63) is 0 Å². The highest BCUT2D eigenvalue weighted by Gasteiger charge is 2.84. The van der Waals surface area contributed by atoms with Crippen LogP contribution in [0.1, 0.15) is 106 Å². The molecule has 1 heterocycles. The molecule has 5 nitrogen and oxygen atoms in total. The molecule has 0 amide bonds. The van der Waals surface area contributed by atoms with Gasteiger partial charge in [0, 0.05) is 5.92 Å². The fraction of sp³-hybridized carbons (Fsp3) is 1.00. The van der Waals surface area contributed by atoms with Crippen LogP contribution in [0.4, 0.5) is 0 Å². The molecule has 1 saturated heterocycles. The Morgan fingerprint density at radius 3 is 2.09 bits per heavy atom. The second-order valence-electron chi connectivity index (χ2n) is 15.9. The summed E-state index contributed by atoms with van der Waals surface area (Å²) in [6.45, 7) is 15.0. The lowest BCUT2D eigenvalue weighted by Gasteiger charge is -2.64. The molecule has 0 aromatic heterocycles. The van der Waals surface area contributed by atoms with Crippen molar-refractivity contribution in [1.29, 1.82) is 0 Å². The predicted molar refractivity (Wildman–Crippen MR) is 134 cm³/mol. The van der Waals surface area contributed by atoms with Gasteiger partial charge in [0.15, 0.2) is 0 Å². The average molecular weight is 491 g/mol. The fourth-order valence-electron chi connectivity index (χ4n) is 12.1. The molecule has 0 bridgehead atoms. The molecule has 0 aromatic rings. The van der Waals surface area contributed by atoms with Crippen molar-refractivity contribution in [3.63, 3.8) is 0 Å². The molecule has 1 aliphatic heterocycles. The molecule has 200 valence electrons. The van der Waals surface area contributed by atoms with Gasteiger partial charge in [-0.05, 0) is 117 Å². The third-order valence-corrected chi connectivity index (χ3v) is 13.8. The van der Waals surface area contributed by atoms with Gasteiger partial charge < -0.3 is 25.2 Å². The van der Waals surface area contributed by atoms with Crippen molar-refractivity contribution in [2.24, 2.45) is 44.8 Å². The quantitative estimate of drug-likeness (QED) is 0.460. The minimum atomic E-state index is -0.886. The summed E-state index contributed by atoms with van der Waals surface area (Å²) in [6, 6.07) is 0.